The molecule has 1 aliphatic heterocycles. The van der Waals surface area contributed by atoms with E-state index in [-0.39, 0.29) is 5.91 Å². The lowest BCUT2D eigenvalue weighted by atomic mass is 9.81. The average Bonchev–Trinajstić information content (AvgIpc) is 2.58. The van der Waals surface area contributed by atoms with Crippen LogP contribution in [-0.2, 0) is 4.79 Å². The third-order valence-electron chi connectivity index (χ3n) is 4.84. The summed E-state index contributed by atoms with van der Waals surface area (Å²) in [5.41, 5.74) is 1.44. The molecule has 2 rings (SSSR count). The van der Waals surface area contributed by atoms with Gasteiger partial charge < -0.3 is 9.80 Å². The maximum absolute atomic E-state index is 12.0. The largest absolute Gasteiger partial charge is 0.345 e. The molecule has 0 radical (unpaired) electrons. The van der Waals surface area contributed by atoms with Crippen molar-refractivity contribution in [3.63, 3.8) is 0 Å². The Hall–Kier alpha value is -1.86. The number of piperidine rings is 1. The van der Waals surface area contributed by atoms with E-state index in [9.17, 15) is 4.79 Å². The van der Waals surface area contributed by atoms with Gasteiger partial charge in [-0.3, -0.25) is 4.79 Å². The Labute approximate surface area is 139 Å². The zero-order valence-electron chi connectivity index (χ0n) is 14.2. The lowest BCUT2D eigenvalue weighted by Crippen LogP contribution is -2.40. The number of carbonyl (C=O) groups excluding carboxylic acids is 1. The van der Waals surface area contributed by atoms with Crippen molar-refractivity contribution in [1.29, 1.82) is 5.26 Å². The number of nitriles is 1. The molecule has 1 aliphatic rings. The predicted octanol–water partition coefficient (Wildman–Crippen LogP) is 2.87. The molecule has 1 fully saturated rings. The van der Waals surface area contributed by atoms with Crippen molar-refractivity contribution in [2.75, 3.05) is 33.2 Å². The van der Waals surface area contributed by atoms with Gasteiger partial charge in [0.15, 0.2) is 0 Å². The third kappa shape index (κ3) is 5.07. The lowest BCUT2D eigenvalue weighted by molar-refractivity contribution is -0.130. The first-order valence-corrected chi connectivity index (χ1v) is 8.50. The van der Waals surface area contributed by atoms with E-state index in [1.165, 1.54) is 5.56 Å². The fourth-order valence-electron chi connectivity index (χ4n) is 3.42. The standard InChI is InChI=1S/C19H27N3O/c1-16-15-22(14-10-19(23)21(2)12-6-11-20)13-9-18(16)17-7-4-3-5-8-17/h3-5,7-8,16,18H,6,9-10,12-15H2,1-2H3/t16-,18-/m0/s1. The van der Waals surface area contributed by atoms with Gasteiger partial charge in [0.25, 0.3) is 0 Å². The predicted molar refractivity (Wildman–Crippen MR) is 91.9 cm³/mol. The number of amides is 1. The summed E-state index contributed by atoms with van der Waals surface area (Å²) in [6, 6.07) is 12.8. The number of hydrogen-bond donors (Lipinski definition) is 0. The monoisotopic (exact) mass is 313 g/mol. The Morgan fingerprint density at radius 2 is 2.13 bits per heavy atom. The van der Waals surface area contributed by atoms with Gasteiger partial charge in [-0.15, -0.1) is 0 Å². The Balaban J connectivity index is 1.77. The van der Waals surface area contributed by atoms with Gasteiger partial charge in [-0.1, -0.05) is 37.3 Å². The van der Waals surface area contributed by atoms with Gasteiger partial charge >= 0.3 is 0 Å². The van der Waals surface area contributed by atoms with Crippen LogP contribution in [-0.4, -0.2) is 48.9 Å². The smallest absolute Gasteiger partial charge is 0.223 e. The van der Waals surface area contributed by atoms with E-state index >= 15 is 0 Å². The maximum Gasteiger partial charge on any atom is 0.223 e. The van der Waals surface area contributed by atoms with E-state index in [0.717, 1.165) is 26.1 Å². The average molecular weight is 313 g/mol. The molecule has 1 amide bonds. The highest BCUT2D eigenvalue weighted by Gasteiger charge is 2.27. The maximum atomic E-state index is 12.0. The first kappa shape index (κ1) is 17.5. The summed E-state index contributed by atoms with van der Waals surface area (Å²) in [6.07, 6.45) is 2.11. The molecule has 1 aromatic rings. The van der Waals surface area contributed by atoms with Crippen LogP contribution < -0.4 is 0 Å². The molecule has 0 unspecified atom stereocenters. The summed E-state index contributed by atoms with van der Waals surface area (Å²) in [7, 11) is 1.78. The van der Waals surface area contributed by atoms with Gasteiger partial charge in [0.05, 0.1) is 12.5 Å². The van der Waals surface area contributed by atoms with Crippen LogP contribution in [0, 0.1) is 17.2 Å². The second-order valence-electron chi connectivity index (χ2n) is 6.56. The molecule has 0 saturated carbocycles. The molecule has 4 heteroatoms. The number of likely N-dealkylation sites (tertiary alicyclic amines) is 1. The summed E-state index contributed by atoms with van der Waals surface area (Å²) in [6.45, 7) is 5.77. The lowest BCUT2D eigenvalue weighted by Gasteiger charge is -2.37. The van der Waals surface area contributed by atoms with Crippen LogP contribution in [0.15, 0.2) is 30.3 Å². The summed E-state index contributed by atoms with van der Waals surface area (Å²) in [5, 5.41) is 8.58. The molecule has 0 spiro atoms. The number of hydrogen-bond acceptors (Lipinski definition) is 3. The van der Waals surface area contributed by atoms with Crippen molar-refractivity contribution < 1.29 is 4.79 Å². The summed E-state index contributed by atoms with van der Waals surface area (Å²) in [4.78, 5) is 16.1. The molecule has 4 nitrogen and oxygen atoms in total. The molecule has 1 aromatic carbocycles. The van der Waals surface area contributed by atoms with Crippen LogP contribution >= 0.6 is 0 Å². The normalized spacial score (nSPS) is 21.6. The van der Waals surface area contributed by atoms with Gasteiger partial charge in [0.2, 0.25) is 5.91 Å². The molecule has 0 bridgehead atoms. The minimum atomic E-state index is 0.137. The second-order valence-corrected chi connectivity index (χ2v) is 6.56. The van der Waals surface area contributed by atoms with E-state index in [0.29, 0.717) is 31.2 Å². The first-order valence-electron chi connectivity index (χ1n) is 8.50. The SMILES string of the molecule is C[C@H]1CN(CCC(=O)N(C)CCC#N)CC[C@@H]1c1ccccc1. The molecule has 23 heavy (non-hydrogen) atoms. The van der Waals surface area contributed by atoms with Crippen molar-refractivity contribution in [3.8, 4) is 6.07 Å². The van der Waals surface area contributed by atoms with Gasteiger partial charge in [0.1, 0.15) is 0 Å². The summed E-state index contributed by atoms with van der Waals surface area (Å²) < 4.78 is 0. The fraction of sp³-hybridized carbons (Fsp3) is 0.579. The molecule has 1 heterocycles. The first-order chi connectivity index (χ1) is 11.1. The van der Waals surface area contributed by atoms with E-state index in [2.05, 4.69) is 48.2 Å². The second kappa shape index (κ2) is 8.69. The zero-order chi connectivity index (χ0) is 16.7. The van der Waals surface area contributed by atoms with Crippen LogP contribution in [0.3, 0.4) is 0 Å². The third-order valence-corrected chi connectivity index (χ3v) is 4.84. The van der Waals surface area contributed by atoms with E-state index in [1.807, 2.05) is 0 Å². The molecule has 0 N–H and O–H groups in total. The highest BCUT2D eigenvalue weighted by Crippen LogP contribution is 2.32. The molecular formula is C19H27N3O. The fourth-order valence-corrected chi connectivity index (χ4v) is 3.42. The van der Waals surface area contributed by atoms with Gasteiger partial charge in [-0.05, 0) is 30.4 Å². The number of benzene rings is 1. The van der Waals surface area contributed by atoms with Crippen molar-refractivity contribution in [3.05, 3.63) is 35.9 Å². The number of nitrogens with zero attached hydrogens (tertiary/aromatic N) is 3. The summed E-state index contributed by atoms with van der Waals surface area (Å²) >= 11 is 0. The topological polar surface area (TPSA) is 47.3 Å². The minimum Gasteiger partial charge on any atom is -0.345 e. The number of rotatable bonds is 6. The highest BCUT2D eigenvalue weighted by molar-refractivity contribution is 5.76. The van der Waals surface area contributed by atoms with Crippen LogP contribution in [0.2, 0.25) is 0 Å². The van der Waals surface area contributed by atoms with Crippen LogP contribution in [0.25, 0.3) is 0 Å². The van der Waals surface area contributed by atoms with Crippen LogP contribution in [0.5, 0.6) is 0 Å². The molecule has 0 aliphatic carbocycles. The van der Waals surface area contributed by atoms with Crippen molar-refractivity contribution in [1.82, 2.24) is 9.80 Å². The van der Waals surface area contributed by atoms with E-state index < -0.39 is 0 Å². The Bertz CT molecular complexity index is 537. The quantitative estimate of drug-likeness (QED) is 0.811. The molecular weight excluding hydrogens is 286 g/mol. The Morgan fingerprint density at radius 1 is 1.39 bits per heavy atom. The van der Waals surface area contributed by atoms with Crippen molar-refractivity contribution in [2.24, 2.45) is 5.92 Å². The minimum absolute atomic E-state index is 0.137. The van der Waals surface area contributed by atoms with E-state index in [1.54, 1.807) is 11.9 Å². The summed E-state index contributed by atoms with van der Waals surface area (Å²) in [5.74, 6) is 1.37. The zero-order valence-corrected chi connectivity index (χ0v) is 14.2. The van der Waals surface area contributed by atoms with Crippen molar-refractivity contribution in [2.45, 2.75) is 32.1 Å². The molecule has 1 saturated heterocycles. The van der Waals surface area contributed by atoms with Gasteiger partial charge in [0, 0.05) is 33.1 Å². The number of carbonyl (C=O) groups is 1. The van der Waals surface area contributed by atoms with Gasteiger partial charge in [-0.2, -0.15) is 5.26 Å². The molecule has 2 atom stereocenters. The van der Waals surface area contributed by atoms with E-state index in [4.69, 9.17) is 5.26 Å². The van der Waals surface area contributed by atoms with Crippen LogP contribution in [0.1, 0.15) is 37.7 Å². The van der Waals surface area contributed by atoms with Gasteiger partial charge in [-0.25, -0.2) is 0 Å². The molecule has 124 valence electrons. The van der Waals surface area contributed by atoms with Crippen LogP contribution in [0.4, 0.5) is 0 Å². The Morgan fingerprint density at radius 3 is 2.78 bits per heavy atom. The highest BCUT2D eigenvalue weighted by atomic mass is 16.2. The molecule has 0 aromatic heterocycles. The van der Waals surface area contributed by atoms with Crippen molar-refractivity contribution >= 4 is 5.91 Å². The Kier molecular flexibility index (Phi) is 6.61.